The molecule has 1 aliphatic heterocycles. The number of H-pyrrole nitrogens is 1. The number of imidazole rings is 1. The lowest BCUT2D eigenvalue weighted by Crippen LogP contribution is -2.60. The van der Waals surface area contributed by atoms with Gasteiger partial charge in [0.25, 0.3) is 0 Å². The van der Waals surface area contributed by atoms with Gasteiger partial charge in [-0.3, -0.25) is 63.1 Å². The summed E-state index contributed by atoms with van der Waals surface area (Å²) in [6.45, 7) is -1.40. The fourth-order valence-electron chi connectivity index (χ4n) is 8.77. The average Bonchev–Trinajstić information content (AvgIpc) is 4.27. The Morgan fingerprint density at radius 3 is 1.72 bits per heavy atom. The largest absolute Gasteiger partial charge is 0.480 e. The first kappa shape index (κ1) is 74.6. The molecule has 5 atom stereocenters. The Labute approximate surface area is 501 Å². The number of carbonyl (C=O) groups excluding carboxylic acids is 9. The number of carboxylic acid groups (broad SMARTS) is 2. The van der Waals surface area contributed by atoms with Gasteiger partial charge in [0.2, 0.25) is 53.2 Å². The number of aromatic amines is 1. The van der Waals surface area contributed by atoms with Crippen LogP contribution in [0.25, 0.3) is 0 Å². The van der Waals surface area contributed by atoms with Crippen molar-refractivity contribution in [3.8, 4) is 0 Å². The number of unbranched alkanes of at least 4 members (excludes halogenated alkanes) is 13. The molecule has 1 aromatic rings. The highest BCUT2D eigenvalue weighted by Gasteiger charge is 2.34. The van der Waals surface area contributed by atoms with E-state index in [4.69, 9.17) is 15.2 Å². The van der Waals surface area contributed by atoms with Crippen molar-refractivity contribution in [2.24, 2.45) is 10.8 Å². The Morgan fingerprint density at radius 1 is 0.616 bits per heavy atom. The first-order valence-corrected chi connectivity index (χ1v) is 29.6. The molecule has 0 saturated carbocycles. The molecular weight excluding hydrogens is 1130 g/mol. The van der Waals surface area contributed by atoms with E-state index >= 15 is 0 Å². The van der Waals surface area contributed by atoms with Gasteiger partial charge < -0.3 is 78.0 Å². The van der Waals surface area contributed by atoms with Crippen LogP contribution in [0.15, 0.2) is 17.6 Å². The molecule has 0 aromatic carbocycles. The highest BCUT2D eigenvalue weighted by Crippen LogP contribution is 2.14. The summed E-state index contributed by atoms with van der Waals surface area (Å²) >= 11 is 0. The van der Waals surface area contributed by atoms with E-state index in [1.165, 1.54) is 77.4 Å². The number of aliphatic hydroxyl groups is 1. The van der Waals surface area contributed by atoms with Crippen molar-refractivity contribution in [1.82, 2.24) is 73.9 Å². The number of aliphatic carboxylic acids is 2. The summed E-state index contributed by atoms with van der Waals surface area (Å²) in [6.07, 6.45) is 19.1. The number of hydrogen-bond acceptors (Lipinski definition) is 20. The number of amidine groups is 1. The molecule has 2 rings (SSSR count). The van der Waals surface area contributed by atoms with E-state index in [1.54, 1.807) is 0 Å². The number of hydrogen-bond donors (Lipinski definition) is 16. The summed E-state index contributed by atoms with van der Waals surface area (Å²) in [5.74, 6) is -9.01. The van der Waals surface area contributed by atoms with E-state index < -0.39 is 135 Å². The summed E-state index contributed by atoms with van der Waals surface area (Å²) in [7, 11) is 1.36. The molecule has 0 aliphatic carbocycles. The third kappa shape index (κ3) is 35.7. The van der Waals surface area contributed by atoms with Crippen molar-refractivity contribution in [2.45, 2.75) is 178 Å². The minimum atomic E-state index is -1.70. The van der Waals surface area contributed by atoms with E-state index in [0.717, 1.165) is 42.8 Å². The van der Waals surface area contributed by atoms with Crippen LogP contribution in [0.2, 0.25) is 0 Å². The van der Waals surface area contributed by atoms with Gasteiger partial charge in [0.05, 0.1) is 52.4 Å². The number of nitrogens with two attached hydrogens (primary N) is 1. The van der Waals surface area contributed by atoms with Gasteiger partial charge in [-0.1, -0.05) is 90.4 Å². The van der Waals surface area contributed by atoms with Crippen molar-refractivity contribution < 1.29 is 77.5 Å². The topological polar surface area (TPSA) is 470 Å². The summed E-state index contributed by atoms with van der Waals surface area (Å²) in [4.78, 5) is 148. The normalized spacial score (nSPS) is 13.5. The van der Waals surface area contributed by atoms with Crippen LogP contribution in [-0.2, 0) is 68.6 Å². The van der Waals surface area contributed by atoms with Crippen LogP contribution < -0.4 is 64.8 Å². The number of primary amides is 1. The quantitative estimate of drug-likeness (QED) is 0.0299. The molecule has 5 unspecified atom stereocenters. The van der Waals surface area contributed by atoms with Crippen molar-refractivity contribution in [3.63, 3.8) is 0 Å². The standard InChI is InChI=1S/C54H94N16O16/c1-3-4-18-38(50(80)56-2)62-52(82)40(23-25-70(32-48(76)77)33-49(78)79)64-53(83)41(29-37-30-57-36-60-37)65-51(81)39(21-22-43(55)72)63-54(84)42(34-71)61-46(74)31-59-47(75)35-86-28-27-85-26-24-58-45(73)20-17-15-13-11-9-7-5-6-8-10-12-14-16-19-44-66-68-69-67-44/h30,36,38-42,68-69,71H,3-29,31-35H2,1-2H3,(H2,55,72)(H,56,80)(H,57,60)(H,58,73)(H,59,75)(H,61,74)(H,62,82)(H,63,84)(H,64,83)(H,65,81)(H,66,67)(H,76,77)(H,78,79). The SMILES string of the molecule is CCCCC(NC(=O)C(CCN(CC(=O)O)CC(=O)O)NC(=O)C(Cc1cnc[nH]1)NC(=O)C(CCC(N)=O)NC(=O)C(CO)NC(=O)CNC(=O)COCCOCCNC(=O)CCCCCCCCCCCCCCCC1=NNNN1)C(=O)NC. The number of hydrazine groups is 2. The monoisotopic (exact) mass is 1220 g/mol. The first-order chi connectivity index (χ1) is 41.3. The van der Waals surface area contributed by atoms with Crippen LogP contribution in [0.4, 0.5) is 0 Å². The van der Waals surface area contributed by atoms with Gasteiger partial charge in [-0.15, -0.1) is 10.6 Å². The molecule has 32 heteroatoms. The number of carboxylic acids is 2. The number of aliphatic hydroxyl groups excluding tert-OH is 1. The maximum atomic E-state index is 14.2. The van der Waals surface area contributed by atoms with Crippen LogP contribution in [-0.4, -0.2) is 204 Å². The molecule has 0 fully saturated rings. The van der Waals surface area contributed by atoms with Crippen molar-refractivity contribution in [1.29, 1.82) is 0 Å². The van der Waals surface area contributed by atoms with E-state index in [0.29, 0.717) is 31.5 Å². The van der Waals surface area contributed by atoms with Crippen LogP contribution in [0.5, 0.6) is 0 Å². The lowest BCUT2D eigenvalue weighted by Gasteiger charge is -2.28. The summed E-state index contributed by atoms with van der Waals surface area (Å²) in [5, 5.41) is 52.7. The molecule has 486 valence electrons. The second-order valence-corrected chi connectivity index (χ2v) is 20.7. The highest BCUT2D eigenvalue weighted by atomic mass is 16.5. The molecule has 0 saturated heterocycles. The number of hydrazone groups is 1. The van der Waals surface area contributed by atoms with Crippen LogP contribution in [0.3, 0.4) is 0 Å². The fourth-order valence-corrected chi connectivity index (χ4v) is 8.77. The van der Waals surface area contributed by atoms with Crippen LogP contribution >= 0.6 is 0 Å². The van der Waals surface area contributed by atoms with E-state index in [1.807, 2.05) is 6.92 Å². The molecule has 1 aromatic heterocycles. The molecule has 32 nitrogen and oxygen atoms in total. The van der Waals surface area contributed by atoms with Crippen LogP contribution in [0, 0.1) is 0 Å². The Bertz CT molecular complexity index is 2250. The molecule has 2 heterocycles. The van der Waals surface area contributed by atoms with Gasteiger partial charge >= 0.3 is 11.9 Å². The first-order valence-electron chi connectivity index (χ1n) is 29.6. The molecule has 9 amide bonds. The van der Waals surface area contributed by atoms with Crippen molar-refractivity contribution in [3.05, 3.63) is 18.2 Å². The second kappa shape index (κ2) is 45.8. The van der Waals surface area contributed by atoms with Crippen molar-refractivity contribution >= 4 is 70.9 Å². The molecule has 0 bridgehead atoms. The summed E-state index contributed by atoms with van der Waals surface area (Å²) in [6, 6.07) is -7.54. The minimum absolute atomic E-state index is 0.0222. The second-order valence-electron chi connectivity index (χ2n) is 20.7. The number of nitrogens with one attached hydrogen (secondary N) is 12. The minimum Gasteiger partial charge on any atom is -0.480 e. The Hall–Kier alpha value is -7.55. The maximum Gasteiger partial charge on any atom is 0.317 e. The Morgan fingerprint density at radius 2 is 1.17 bits per heavy atom. The molecule has 17 N–H and O–H groups in total. The van der Waals surface area contributed by atoms with Gasteiger partial charge in [-0.2, -0.15) is 0 Å². The average molecular weight is 1220 g/mol. The Balaban J connectivity index is 1.83. The molecule has 1 aliphatic rings. The third-order valence-electron chi connectivity index (χ3n) is 13.5. The number of amides is 9. The van der Waals surface area contributed by atoms with Crippen LogP contribution in [0.1, 0.15) is 147 Å². The lowest BCUT2D eigenvalue weighted by molar-refractivity contribution is -0.142. The number of carbonyl (C=O) groups is 11. The lowest BCUT2D eigenvalue weighted by atomic mass is 10.0. The molecule has 0 spiro atoms. The number of nitrogens with zero attached hydrogens (tertiary/aromatic N) is 3. The predicted molar refractivity (Wildman–Crippen MR) is 311 cm³/mol. The van der Waals surface area contributed by atoms with Gasteiger partial charge in [0, 0.05) is 57.7 Å². The predicted octanol–water partition coefficient (Wildman–Crippen LogP) is -2.53. The van der Waals surface area contributed by atoms with E-state index in [2.05, 4.69) is 74.1 Å². The van der Waals surface area contributed by atoms with E-state index in [-0.39, 0.29) is 51.5 Å². The summed E-state index contributed by atoms with van der Waals surface area (Å²) < 4.78 is 10.8. The number of ether oxygens (including phenoxy) is 2. The third-order valence-corrected chi connectivity index (χ3v) is 13.5. The zero-order valence-electron chi connectivity index (χ0n) is 49.7. The van der Waals surface area contributed by atoms with Crippen molar-refractivity contribution in [2.75, 3.05) is 72.8 Å². The zero-order chi connectivity index (χ0) is 63.3. The highest BCUT2D eigenvalue weighted by molar-refractivity contribution is 5.97. The molecule has 0 radical (unpaired) electrons. The molecule has 86 heavy (non-hydrogen) atoms. The summed E-state index contributed by atoms with van der Waals surface area (Å²) in [5.41, 5.74) is 14.0. The maximum absolute atomic E-state index is 14.2. The number of rotatable bonds is 52. The van der Waals surface area contributed by atoms with Gasteiger partial charge in [-0.25, -0.2) is 10.5 Å². The van der Waals surface area contributed by atoms with E-state index in [9.17, 15) is 68.1 Å². The van der Waals surface area contributed by atoms with Gasteiger partial charge in [0.15, 0.2) is 0 Å². The number of likely N-dealkylation sites (N-methyl/N-ethyl adjacent to an activating group) is 1. The van der Waals surface area contributed by atoms with Gasteiger partial charge in [0.1, 0.15) is 42.7 Å². The van der Waals surface area contributed by atoms with Gasteiger partial charge in [-0.05, 0) is 32.1 Å². The Kier molecular flexibility index (Phi) is 39.7. The zero-order valence-corrected chi connectivity index (χ0v) is 49.7. The number of aromatic nitrogens is 2. The smallest absolute Gasteiger partial charge is 0.317 e. The fraction of sp³-hybridized carbons (Fsp3) is 0.722. The molecular formula is C54H94N16O16.